The lowest BCUT2D eigenvalue weighted by atomic mass is 10.1. The van der Waals surface area contributed by atoms with Crippen molar-refractivity contribution >= 4 is 0 Å². The van der Waals surface area contributed by atoms with Gasteiger partial charge in [0.25, 0.3) is 5.89 Å². The summed E-state index contributed by atoms with van der Waals surface area (Å²) in [6.45, 7) is 3.35. The average molecular weight is 283 g/mol. The van der Waals surface area contributed by atoms with Crippen LogP contribution in [0.2, 0.25) is 0 Å². The number of aryl methyl sites for hydroxylation is 1. The summed E-state index contributed by atoms with van der Waals surface area (Å²) < 4.78 is 7.18. The Morgan fingerprint density at radius 1 is 1.33 bits per heavy atom. The SMILES string of the molecule is Cc1cccc(Cc2noc(-c3cn(CCN)cn3)n2)c1. The smallest absolute Gasteiger partial charge is 0.278 e. The molecular weight excluding hydrogens is 266 g/mol. The van der Waals surface area contributed by atoms with Crippen LogP contribution < -0.4 is 5.73 Å². The third kappa shape index (κ3) is 3.17. The van der Waals surface area contributed by atoms with E-state index in [1.807, 2.05) is 16.8 Å². The number of imidazole rings is 1. The Bertz CT molecular complexity index is 731. The van der Waals surface area contributed by atoms with Crippen molar-refractivity contribution in [2.45, 2.75) is 19.9 Å². The first-order valence-corrected chi connectivity index (χ1v) is 6.85. The van der Waals surface area contributed by atoms with Crippen molar-refractivity contribution in [1.82, 2.24) is 19.7 Å². The van der Waals surface area contributed by atoms with Crippen LogP contribution in [0.1, 0.15) is 17.0 Å². The third-order valence-electron chi connectivity index (χ3n) is 3.15. The lowest BCUT2D eigenvalue weighted by Gasteiger charge is -1.97. The zero-order valence-corrected chi connectivity index (χ0v) is 11.9. The van der Waals surface area contributed by atoms with E-state index in [0.29, 0.717) is 30.4 Å². The van der Waals surface area contributed by atoms with Gasteiger partial charge >= 0.3 is 0 Å². The van der Waals surface area contributed by atoms with E-state index in [-0.39, 0.29) is 0 Å². The average Bonchev–Trinajstić information content (AvgIpc) is 3.08. The van der Waals surface area contributed by atoms with E-state index >= 15 is 0 Å². The summed E-state index contributed by atoms with van der Waals surface area (Å²) in [7, 11) is 0. The predicted molar refractivity (Wildman–Crippen MR) is 78.6 cm³/mol. The van der Waals surface area contributed by atoms with Gasteiger partial charge in [0.1, 0.15) is 5.69 Å². The number of aromatic nitrogens is 4. The number of hydrogen-bond donors (Lipinski definition) is 1. The molecule has 3 aromatic rings. The van der Waals surface area contributed by atoms with Crippen molar-refractivity contribution in [3.63, 3.8) is 0 Å². The first kappa shape index (κ1) is 13.5. The summed E-state index contributed by atoms with van der Waals surface area (Å²) >= 11 is 0. The molecule has 2 aromatic heterocycles. The van der Waals surface area contributed by atoms with E-state index in [9.17, 15) is 0 Å². The van der Waals surface area contributed by atoms with E-state index in [0.717, 1.165) is 12.1 Å². The largest absolute Gasteiger partial charge is 0.335 e. The summed E-state index contributed by atoms with van der Waals surface area (Å²) in [5.41, 5.74) is 8.57. The molecule has 108 valence electrons. The van der Waals surface area contributed by atoms with Gasteiger partial charge in [0, 0.05) is 25.7 Å². The van der Waals surface area contributed by atoms with Crippen molar-refractivity contribution in [3.05, 3.63) is 53.7 Å². The Kier molecular flexibility index (Phi) is 3.79. The molecule has 0 unspecified atom stereocenters. The van der Waals surface area contributed by atoms with Crippen LogP contribution in [0.3, 0.4) is 0 Å². The highest BCUT2D eigenvalue weighted by Crippen LogP contribution is 2.16. The van der Waals surface area contributed by atoms with Crippen molar-refractivity contribution in [2.24, 2.45) is 5.73 Å². The van der Waals surface area contributed by atoms with Crippen LogP contribution in [-0.2, 0) is 13.0 Å². The maximum atomic E-state index is 5.51. The van der Waals surface area contributed by atoms with Gasteiger partial charge in [0.05, 0.1) is 6.33 Å². The molecule has 0 bridgehead atoms. The summed E-state index contributed by atoms with van der Waals surface area (Å²) in [6, 6.07) is 8.26. The molecule has 3 rings (SSSR count). The highest BCUT2D eigenvalue weighted by atomic mass is 16.5. The fourth-order valence-corrected chi connectivity index (χ4v) is 2.18. The molecule has 0 aliphatic rings. The van der Waals surface area contributed by atoms with E-state index < -0.39 is 0 Å². The number of benzene rings is 1. The van der Waals surface area contributed by atoms with Crippen molar-refractivity contribution in [3.8, 4) is 11.6 Å². The van der Waals surface area contributed by atoms with Gasteiger partial charge in [-0.25, -0.2) is 4.98 Å². The van der Waals surface area contributed by atoms with Gasteiger partial charge < -0.3 is 14.8 Å². The summed E-state index contributed by atoms with van der Waals surface area (Å²) in [4.78, 5) is 8.64. The van der Waals surface area contributed by atoms with E-state index in [4.69, 9.17) is 10.3 Å². The molecule has 2 N–H and O–H groups in total. The van der Waals surface area contributed by atoms with E-state index in [2.05, 4.69) is 40.2 Å². The molecule has 0 saturated heterocycles. The molecule has 1 aromatic carbocycles. The fraction of sp³-hybridized carbons (Fsp3) is 0.267. The van der Waals surface area contributed by atoms with Gasteiger partial charge in [0.2, 0.25) is 0 Å². The summed E-state index contributed by atoms with van der Waals surface area (Å²) in [6.07, 6.45) is 4.22. The summed E-state index contributed by atoms with van der Waals surface area (Å²) in [5.74, 6) is 1.09. The Balaban J connectivity index is 1.76. The quantitative estimate of drug-likeness (QED) is 0.772. The second-order valence-corrected chi connectivity index (χ2v) is 4.97. The highest BCUT2D eigenvalue weighted by Gasteiger charge is 2.12. The molecule has 6 heteroatoms. The fourth-order valence-electron chi connectivity index (χ4n) is 2.18. The minimum absolute atomic E-state index is 0.438. The number of nitrogens with zero attached hydrogens (tertiary/aromatic N) is 4. The van der Waals surface area contributed by atoms with Crippen molar-refractivity contribution in [1.29, 1.82) is 0 Å². The Morgan fingerprint density at radius 2 is 2.24 bits per heavy atom. The normalized spacial score (nSPS) is 11.0. The van der Waals surface area contributed by atoms with Crippen LogP contribution in [-0.4, -0.2) is 26.2 Å². The predicted octanol–water partition coefficient (Wildman–Crippen LogP) is 1.79. The van der Waals surface area contributed by atoms with Crippen LogP contribution in [0.25, 0.3) is 11.6 Å². The standard InChI is InChI=1S/C15H17N5O/c1-11-3-2-4-12(7-11)8-14-18-15(21-19-14)13-9-20(6-5-16)10-17-13/h2-4,7,9-10H,5-6,8,16H2,1H3. The Hall–Kier alpha value is -2.47. The first-order valence-electron chi connectivity index (χ1n) is 6.85. The molecule has 0 spiro atoms. The molecule has 0 radical (unpaired) electrons. The highest BCUT2D eigenvalue weighted by molar-refractivity contribution is 5.44. The molecule has 0 saturated carbocycles. The van der Waals surface area contributed by atoms with Gasteiger partial charge in [-0.2, -0.15) is 4.98 Å². The lowest BCUT2D eigenvalue weighted by Crippen LogP contribution is -2.07. The van der Waals surface area contributed by atoms with Crippen molar-refractivity contribution < 1.29 is 4.52 Å². The second-order valence-electron chi connectivity index (χ2n) is 4.97. The number of hydrogen-bond acceptors (Lipinski definition) is 5. The van der Waals surface area contributed by atoms with Gasteiger partial charge in [-0.05, 0) is 12.5 Å². The zero-order chi connectivity index (χ0) is 14.7. The molecule has 0 aliphatic heterocycles. The second kappa shape index (κ2) is 5.88. The number of rotatable bonds is 5. The van der Waals surface area contributed by atoms with Gasteiger partial charge in [-0.1, -0.05) is 35.0 Å². The van der Waals surface area contributed by atoms with E-state index in [1.165, 1.54) is 5.56 Å². The van der Waals surface area contributed by atoms with Crippen LogP contribution >= 0.6 is 0 Å². The Morgan fingerprint density at radius 3 is 3.05 bits per heavy atom. The Labute approximate surface area is 122 Å². The van der Waals surface area contributed by atoms with Crippen LogP contribution in [0.4, 0.5) is 0 Å². The van der Waals surface area contributed by atoms with E-state index in [1.54, 1.807) is 6.33 Å². The minimum Gasteiger partial charge on any atom is -0.335 e. The minimum atomic E-state index is 0.438. The zero-order valence-electron chi connectivity index (χ0n) is 11.9. The molecule has 0 fully saturated rings. The maximum absolute atomic E-state index is 5.51. The molecule has 21 heavy (non-hydrogen) atoms. The molecule has 6 nitrogen and oxygen atoms in total. The first-order chi connectivity index (χ1) is 10.2. The monoisotopic (exact) mass is 283 g/mol. The lowest BCUT2D eigenvalue weighted by molar-refractivity contribution is 0.423. The van der Waals surface area contributed by atoms with Crippen LogP contribution in [0.15, 0.2) is 41.3 Å². The topological polar surface area (TPSA) is 82.8 Å². The number of nitrogens with two attached hydrogens (primary N) is 1. The molecule has 0 aliphatic carbocycles. The van der Waals surface area contributed by atoms with Crippen LogP contribution in [0.5, 0.6) is 0 Å². The molecule has 0 amide bonds. The van der Waals surface area contributed by atoms with Crippen molar-refractivity contribution in [2.75, 3.05) is 6.54 Å². The van der Waals surface area contributed by atoms with Gasteiger partial charge in [0.15, 0.2) is 5.82 Å². The van der Waals surface area contributed by atoms with Crippen LogP contribution in [0, 0.1) is 6.92 Å². The van der Waals surface area contributed by atoms with Gasteiger partial charge in [-0.15, -0.1) is 0 Å². The molecule has 0 atom stereocenters. The third-order valence-corrected chi connectivity index (χ3v) is 3.15. The van der Waals surface area contributed by atoms with Gasteiger partial charge in [-0.3, -0.25) is 0 Å². The molecule has 2 heterocycles. The maximum Gasteiger partial charge on any atom is 0.278 e. The molecular formula is C15H17N5O. The summed E-state index contributed by atoms with van der Waals surface area (Å²) in [5, 5.41) is 4.01.